The van der Waals surface area contributed by atoms with Crippen molar-refractivity contribution < 1.29 is 9.90 Å². The molecule has 0 bridgehead atoms. The van der Waals surface area contributed by atoms with Gasteiger partial charge in [-0.2, -0.15) is 0 Å². The lowest BCUT2D eigenvalue weighted by molar-refractivity contribution is -0.142. The number of nitrogens with zero attached hydrogens (tertiary/aromatic N) is 4. The lowest BCUT2D eigenvalue weighted by Crippen LogP contribution is -2.23. The third-order valence-corrected chi connectivity index (χ3v) is 3.99. The summed E-state index contributed by atoms with van der Waals surface area (Å²) in [5, 5.41) is 20.9. The van der Waals surface area contributed by atoms with Crippen molar-refractivity contribution in [2.45, 2.75) is 33.7 Å². The topological polar surface area (TPSA) is 80.9 Å². The molecule has 0 saturated heterocycles. The van der Waals surface area contributed by atoms with Gasteiger partial charge in [-0.15, -0.1) is 16.4 Å². The smallest absolute Gasteiger partial charge is 0.308 e. The van der Waals surface area contributed by atoms with E-state index < -0.39 is 11.9 Å². The molecule has 0 aliphatic heterocycles. The monoisotopic (exact) mass is 294 g/mol. The lowest BCUT2D eigenvalue weighted by Gasteiger charge is -2.14. The van der Waals surface area contributed by atoms with Crippen LogP contribution in [-0.2, 0) is 11.3 Å². The van der Waals surface area contributed by atoms with E-state index >= 15 is 0 Å². The number of rotatable bonds is 6. The number of carboxylic acids is 1. The van der Waals surface area contributed by atoms with Crippen molar-refractivity contribution in [3.8, 4) is 10.7 Å². The summed E-state index contributed by atoms with van der Waals surface area (Å²) in [7, 11) is 0. The number of hydrogen-bond acceptors (Lipinski definition) is 5. The highest BCUT2D eigenvalue weighted by Gasteiger charge is 2.22. The van der Waals surface area contributed by atoms with Crippen LogP contribution in [0.3, 0.4) is 0 Å². The molecular formula is C13H18N4O2S. The second-order valence-electron chi connectivity index (χ2n) is 5.26. The van der Waals surface area contributed by atoms with Gasteiger partial charge < -0.3 is 5.11 Å². The predicted octanol–water partition coefficient (Wildman–Crippen LogP) is 2.46. The van der Waals surface area contributed by atoms with Crippen LogP contribution in [0.4, 0.5) is 0 Å². The average Bonchev–Trinajstić information content (AvgIpc) is 2.96. The van der Waals surface area contributed by atoms with Gasteiger partial charge in [-0.1, -0.05) is 13.8 Å². The molecule has 0 radical (unpaired) electrons. The Labute approximate surface area is 121 Å². The molecule has 2 heterocycles. The molecular weight excluding hydrogens is 276 g/mol. The molecule has 0 amide bonds. The summed E-state index contributed by atoms with van der Waals surface area (Å²) in [4.78, 5) is 13.5. The van der Waals surface area contributed by atoms with E-state index in [0.29, 0.717) is 24.7 Å². The third kappa shape index (κ3) is 3.41. The molecule has 0 saturated carbocycles. The van der Waals surface area contributed by atoms with E-state index in [0.717, 1.165) is 4.88 Å². The van der Waals surface area contributed by atoms with Gasteiger partial charge in [-0.05, 0) is 41.8 Å². The Balaban J connectivity index is 2.21. The minimum absolute atomic E-state index is 0.298. The van der Waals surface area contributed by atoms with E-state index in [1.165, 1.54) is 4.88 Å². The Morgan fingerprint density at radius 1 is 1.45 bits per heavy atom. The van der Waals surface area contributed by atoms with Crippen molar-refractivity contribution in [3.05, 3.63) is 17.0 Å². The molecule has 2 rings (SSSR count). The van der Waals surface area contributed by atoms with E-state index in [-0.39, 0.29) is 0 Å². The summed E-state index contributed by atoms with van der Waals surface area (Å²) in [5.41, 5.74) is 0. The zero-order valence-corrected chi connectivity index (χ0v) is 12.6. The molecule has 7 heteroatoms. The minimum Gasteiger partial charge on any atom is -0.481 e. The van der Waals surface area contributed by atoms with Crippen molar-refractivity contribution >= 4 is 17.3 Å². The van der Waals surface area contributed by atoms with Gasteiger partial charge in [0.05, 0.1) is 17.3 Å². The fraction of sp³-hybridized carbons (Fsp3) is 0.538. The van der Waals surface area contributed by atoms with E-state index in [1.807, 2.05) is 32.9 Å². The van der Waals surface area contributed by atoms with Gasteiger partial charge in [0.2, 0.25) is 0 Å². The number of thiophene rings is 1. The molecule has 20 heavy (non-hydrogen) atoms. The zero-order chi connectivity index (χ0) is 14.7. The standard InChI is InChI=1S/C13H18N4O2S/c1-8(2)6-10(13(18)19)7-17-12(14-15-16-17)11-5-4-9(3)20-11/h4-5,8,10H,6-7H2,1-3H3,(H,18,19). The normalized spacial score (nSPS) is 12.8. The van der Waals surface area contributed by atoms with Crippen molar-refractivity contribution in [1.29, 1.82) is 0 Å². The number of carbonyl (C=O) groups is 1. The molecule has 0 aliphatic carbocycles. The number of carboxylic acid groups (broad SMARTS) is 1. The Morgan fingerprint density at radius 3 is 2.75 bits per heavy atom. The molecule has 1 atom stereocenters. The first kappa shape index (κ1) is 14.6. The second-order valence-corrected chi connectivity index (χ2v) is 6.55. The summed E-state index contributed by atoms with van der Waals surface area (Å²) < 4.78 is 1.59. The maximum Gasteiger partial charge on any atom is 0.308 e. The van der Waals surface area contributed by atoms with Crippen LogP contribution in [0.2, 0.25) is 0 Å². The SMILES string of the molecule is Cc1ccc(-c2nnnn2CC(CC(C)C)C(=O)O)s1. The minimum atomic E-state index is -0.803. The van der Waals surface area contributed by atoms with Crippen molar-refractivity contribution in [3.63, 3.8) is 0 Å². The van der Waals surface area contributed by atoms with Crippen molar-refractivity contribution in [2.24, 2.45) is 11.8 Å². The van der Waals surface area contributed by atoms with Gasteiger partial charge in [0.25, 0.3) is 0 Å². The highest BCUT2D eigenvalue weighted by atomic mass is 32.1. The quantitative estimate of drug-likeness (QED) is 0.885. The highest BCUT2D eigenvalue weighted by Crippen LogP contribution is 2.26. The molecule has 2 aromatic heterocycles. The maximum atomic E-state index is 11.3. The van der Waals surface area contributed by atoms with E-state index in [4.69, 9.17) is 0 Å². The Kier molecular flexibility index (Phi) is 4.49. The van der Waals surface area contributed by atoms with Crippen LogP contribution < -0.4 is 0 Å². The first-order valence-electron chi connectivity index (χ1n) is 6.53. The highest BCUT2D eigenvalue weighted by molar-refractivity contribution is 7.15. The zero-order valence-electron chi connectivity index (χ0n) is 11.8. The number of aromatic nitrogens is 4. The van der Waals surface area contributed by atoms with Crippen LogP contribution in [0.5, 0.6) is 0 Å². The van der Waals surface area contributed by atoms with Crippen LogP contribution in [0.15, 0.2) is 12.1 Å². The molecule has 108 valence electrons. The molecule has 2 aromatic rings. The van der Waals surface area contributed by atoms with E-state index in [1.54, 1.807) is 16.0 Å². The van der Waals surface area contributed by atoms with Gasteiger partial charge in [0.1, 0.15) is 0 Å². The summed E-state index contributed by atoms with van der Waals surface area (Å²) >= 11 is 1.60. The molecule has 1 unspecified atom stereocenters. The number of tetrazole rings is 1. The fourth-order valence-corrected chi connectivity index (χ4v) is 2.95. The average molecular weight is 294 g/mol. The first-order valence-corrected chi connectivity index (χ1v) is 7.34. The summed E-state index contributed by atoms with van der Waals surface area (Å²) in [6.45, 7) is 6.34. The first-order chi connectivity index (χ1) is 9.47. The van der Waals surface area contributed by atoms with Crippen molar-refractivity contribution in [2.75, 3.05) is 0 Å². The summed E-state index contributed by atoms with van der Waals surface area (Å²) in [6, 6.07) is 3.96. The molecule has 6 nitrogen and oxygen atoms in total. The number of hydrogen-bond donors (Lipinski definition) is 1. The maximum absolute atomic E-state index is 11.3. The van der Waals surface area contributed by atoms with Gasteiger partial charge in [-0.25, -0.2) is 4.68 Å². The Hall–Kier alpha value is -1.76. The van der Waals surface area contributed by atoms with Crippen LogP contribution in [0, 0.1) is 18.8 Å². The van der Waals surface area contributed by atoms with E-state index in [9.17, 15) is 9.90 Å². The molecule has 0 fully saturated rings. The summed E-state index contributed by atoms with van der Waals surface area (Å²) in [6.07, 6.45) is 0.609. The fourth-order valence-electron chi connectivity index (χ4n) is 2.09. The third-order valence-electron chi connectivity index (χ3n) is 2.99. The van der Waals surface area contributed by atoms with Crippen LogP contribution in [-0.4, -0.2) is 31.3 Å². The van der Waals surface area contributed by atoms with Crippen LogP contribution in [0.25, 0.3) is 10.7 Å². The molecule has 0 spiro atoms. The summed E-state index contributed by atoms with van der Waals surface area (Å²) in [5.74, 6) is -0.320. The van der Waals surface area contributed by atoms with Gasteiger partial charge in [0.15, 0.2) is 5.82 Å². The Morgan fingerprint density at radius 2 is 2.20 bits per heavy atom. The lowest BCUT2D eigenvalue weighted by atomic mass is 9.97. The van der Waals surface area contributed by atoms with Gasteiger partial charge in [-0.3, -0.25) is 4.79 Å². The second kappa shape index (κ2) is 6.13. The van der Waals surface area contributed by atoms with Crippen molar-refractivity contribution in [1.82, 2.24) is 20.2 Å². The van der Waals surface area contributed by atoms with Crippen LogP contribution >= 0.6 is 11.3 Å². The largest absolute Gasteiger partial charge is 0.481 e. The molecule has 1 N–H and O–H groups in total. The molecule has 0 aromatic carbocycles. The van der Waals surface area contributed by atoms with E-state index in [2.05, 4.69) is 15.5 Å². The van der Waals surface area contributed by atoms with Crippen LogP contribution in [0.1, 0.15) is 25.1 Å². The van der Waals surface area contributed by atoms with Gasteiger partial charge in [0, 0.05) is 4.88 Å². The number of aliphatic carboxylic acids is 1. The molecule has 0 aliphatic rings. The van der Waals surface area contributed by atoms with Gasteiger partial charge >= 0.3 is 5.97 Å². The predicted molar refractivity (Wildman–Crippen MR) is 76.4 cm³/mol. The number of aryl methyl sites for hydroxylation is 1. The Bertz CT molecular complexity index is 591.